The molecule has 0 aliphatic carbocycles. The standard InChI is InChI=1S/C28H30F2N6O2/c1-17-7-9-20(10-8-17)24-14-23-25(34-24)31-16-32-26(23)35-11-12-36(18(2)15-35)28(37)33-19(3)21-5-4-6-22(13-21)38-27(29)30/h4-10,13-14,16,18-19,27H,11-12,15H2,1-3H3,(H,33,37)(H,31,32,34)/t18-,19+/m1/s1. The molecule has 2 aromatic carbocycles. The molecule has 0 radical (unpaired) electrons. The Morgan fingerprint density at radius 1 is 1.13 bits per heavy atom. The van der Waals surface area contributed by atoms with Crippen molar-refractivity contribution < 1.29 is 18.3 Å². The maximum absolute atomic E-state index is 13.1. The molecule has 0 bridgehead atoms. The molecule has 2 N–H and O–H groups in total. The van der Waals surface area contributed by atoms with Crippen LogP contribution in [0, 0.1) is 6.92 Å². The van der Waals surface area contributed by atoms with Crippen molar-refractivity contribution >= 4 is 22.9 Å². The summed E-state index contributed by atoms with van der Waals surface area (Å²) < 4.78 is 29.6. The SMILES string of the molecule is Cc1ccc(-c2cc3c(N4CCN(C(=O)N[C@@H](C)c5cccc(OC(F)F)c5)[C@H](C)C4)ncnc3[nH]2)cc1. The highest BCUT2D eigenvalue weighted by Crippen LogP contribution is 2.30. The van der Waals surface area contributed by atoms with E-state index in [9.17, 15) is 13.6 Å². The van der Waals surface area contributed by atoms with Crippen LogP contribution in [0.4, 0.5) is 19.4 Å². The molecule has 1 aliphatic heterocycles. The van der Waals surface area contributed by atoms with E-state index in [1.165, 1.54) is 17.7 Å². The number of nitrogens with zero attached hydrogens (tertiary/aromatic N) is 4. The third kappa shape index (κ3) is 5.39. The Labute approximate surface area is 219 Å². The van der Waals surface area contributed by atoms with Crippen molar-refractivity contribution in [1.82, 2.24) is 25.2 Å². The van der Waals surface area contributed by atoms with Gasteiger partial charge in [0.1, 0.15) is 23.5 Å². The van der Waals surface area contributed by atoms with E-state index in [-0.39, 0.29) is 23.9 Å². The van der Waals surface area contributed by atoms with E-state index >= 15 is 0 Å². The highest BCUT2D eigenvalue weighted by atomic mass is 19.3. The first-order chi connectivity index (χ1) is 18.3. The maximum atomic E-state index is 13.1. The first-order valence-corrected chi connectivity index (χ1v) is 12.6. The number of urea groups is 1. The van der Waals surface area contributed by atoms with Gasteiger partial charge in [-0.25, -0.2) is 14.8 Å². The molecule has 5 rings (SSSR count). The van der Waals surface area contributed by atoms with Gasteiger partial charge in [-0.2, -0.15) is 8.78 Å². The van der Waals surface area contributed by atoms with E-state index in [1.54, 1.807) is 23.4 Å². The Hall–Kier alpha value is -4.21. The molecule has 0 saturated carbocycles. The Kier molecular flexibility index (Phi) is 7.13. The zero-order valence-corrected chi connectivity index (χ0v) is 21.5. The van der Waals surface area contributed by atoms with Gasteiger partial charge in [-0.1, -0.05) is 42.0 Å². The Bertz CT molecular complexity index is 1420. The van der Waals surface area contributed by atoms with Crippen molar-refractivity contribution in [3.63, 3.8) is 0 Å². The molecule has 38 heavy (non-hydrogen) atoms. The normalized spacial score (nSPS) is 16.6. The molecule has 0 unspecified atom stereocenters. The van der Waals surface area contributed by atoms with Crippen LogP contribution in [0.3, 0.4) is 0 Å². The summed E-state index contributed by atoms with van der Waals surface area (Å²) in [5, 5.41) is 3.92. The van der Waals surface area contributed by atoms with E-state index in [2.05, 4.69) is 67.2 Å². The number of aromatic amines is 1. The third-order valence-corrected chi connectivity index (χ3v) is 6.88. The first-order valence-electron chi connectivity index (χ1n) is 12.6. The molecule has 1 fully saturated rings. The van der Waals surface area contributed by atoms with Gasteiger partial charge in [0, 0.05) is 31.4 Å². The van der Waals surface area contributed by atoms with Crippen molar-refractivity contribution in [3.05, 3.63) is 72.1 Å². The van der Waals surface area contributed by atoms with E-state index in [0.717, 1.165) is 28.1 Å². The third-order valence-electron chi connectivity index (χ3n) is 6.88. The molecule has 8 nitrogen and oxygen atoms in total. The number of amides is 2. The fraction of sp³-hybridized carbons (Fsp3) is 0.321. The number of alkyl halides is 2. The number of rotatable bonds is 6. The second-order valence-corrected chi connectivity index (χ2v) is 9.62. The number of nitrogens with one attached hydrogen (secondary N) is 2. The molecule has 0 spiro atoms. The van der Waals surface area contributed by atoms with Gasteiger partial charge in [0.05, 0.1) is 11.4 Å². The first kappa shape index (κ1) is 25.4. The average molecular weight is 521 g/mol. The van der Waals surface area contributed by atoms with Crippen LogP contribution in [-0.4, -0.2) is 58.2 Å². The number of halogens is 2. The van der Waals surface area contributed by atoms with Gasteiger partial charge in [0.2, 0.25) is 0 Å². The number of aryl methyl sites for hydroxylation is 1. The number of H-pyrrole nitrogens is 1. The summed E-state index contributed by atoms with van der Waals surface area (Å²) in [4.78, 5) is 29.5. The maximum Gasteiger partial charge on any atom is 0.387 e. The zero-order valence-electron chi connectivity index (χ0n) is 21.5. The van der Waals surface area contributed by atoms with Crippen molar-refractivity contribution in [2.24, 2.45) is 0 Å². The number of carbonyl (C=O) groups is 1. The highest BCUT2D eigenvalue weighted by Gasteiger charge is 2.30. The van der Waals surface area contributed by atoms with Crippen molar-refractivity contribution in [2.75, 3.05) is 24.5 Å². The topological polar surface area (TPSA) is 86.4 Å². The molecule has 1 saturated heterocycles. The number of piperazine rings is 1. The van der Waals surface area contributed by atoms with Gasteiger partial charge in [0.15, 0.2) is 0 Å². The van der Waals surface area contributed by atoms with Crippen LogP contribution in [0.5, 0.6) is 5.75 Å². The van der Waals surface area contributed by atoms with E-state index in [1.807, 2.05) is 13.8 Å². The number of hydrogen-bond donors (Lipinski definition) is 2. The average Bonchev–Trinajstić information content (AvgIpc) is 3.33. The number of ether oxygens (including phenoxy) is 1. The minimum Gasteiger partial charge on any atom is -0.435 e. The van der Waals surface area contributed by atoms with Crippen LogP contribution in [0.1, 0.15) is 31.0 Å². The van der Waals surface area contributed by atoms with Crippen molar-refractivity contribution in [3.8, 4) is 17.0 Å². The molecular weight excluding hydrogens is 490 g/mol. The zero-order chi connectivity index (χ0) is 26.8. The smallest absolute Gasteiger partial charge is 0.387 e. The largest absolute Gasteiger partial charge is 0.435 e. The monoisotopic (exact) mass is 520 g/mol. The summed E-state index contributed by atoms with van der Waals surface area (Å²) in [6.45, 7) is 4.70. The second-order valence-electron chi connectivity index (χ2n) is 9.62. The summed E-state index contributed by atoms with van der Waals surface area (Å²) in [6, 6.07) is 16.1. The van der Waals surface area contributed by atoms with Crippen LogP contribution in [0.25, 0.3) is 22.3 Å². The lowest BCUT2D eigenvalue weighted by Crippen LogP contribution is -2.57. The number of benzene rings is 2. The second kappa shape index (κ2) is 10.6. The molecular formula is C28H30F2N6O2. The predicted molar refractivity (Wildman–Crippen MR) is 142 cm³/mol. The Balaban J connectivity index is 1.27. The Morgan fingerprint density at radius 3 is 2.66 bits per heavy atom. The molecule has 1 aliphatic rings. The van der Waals surface area contributed by atoms with Crippen LogP contribution in [-0.2, 0) is 0 Å². The predicted octanol–water partition coefficient (Wildman–Crippen LogP) is 5.52. The number of aromatic nitrogens is 3. The van der Waals surface area contributed by atoms with Crippen LogP contribution >= 0.6 is 0 Å². The van der Waals surface area contributed by atoms with E-state index in [4.69, 9.17) is 0 Å². The summed E-state index contributed by atoms with van der Waals surface area (Å²) in [6.07, 6.45) is 1.56. The van der Waals surface area contributed by atoms with Gasteiger partial charge in [0.25, 0.3) is 0 Å². The van der Waals surface area contributed by atoms with Crippen molar-refractivity contribution in [1.29, 1.82) is 0 Å². The molecule has 2 amide bonds. The quantitative estimate of drug-likeness (QED) is 0.350. The summed E-state index contributed by atoms with van der Waals surface area (Å²) in [7, 11) is 0. The fourth-order valence-electron chi connectivity index (χ4n) is 4.83. The summed E-state index contributed by atoms with van der Waals surface area (Å²) in [5.41, 5.74) is 4.71. The minimum absolute atomic E-state index is 0.0621. The molecule has 3 heterocycles. The number of carbonyl (C=O) groups excluding carboxylic acids is 1. The summed E-state index contributed by atoms with van der Waals surface area (Å²) >= 11 is 0. The van der Waals surface area contributed by atoms with Crippen molar-refractivity contribution in [2.45, 2.75) is 39.5 Å². The fourth-order valence-corrected chi connectivity index (χ4v) is 4.83. The highest BCUT2D eigenvalue weighted by molar-refractivity contribution is 5.92. The lowest BCUT2D eigenvalue weighted by Gasteiger charge is -2.40. The van der Waals surface area contributed by atoms with Crippen LogP contribution < -0.4 is 15.0 Å². The molecule has 2 aromatic heterocycles. The van der Waals surface area contributed by atoms with Gasteiger partial charge in [-0.15, -0.1) is 0 Å². The number of fused-ring (bicyclic) bond motifs is 1. The van der Waals surface area contributed by atoms with Crippen LogP contribution in [0.15, 0.2) is 60.9 Å². The molecule has 10 heteroatoms. The lowest BCUT2D eigenvalue weighted by molar-refractivity contribution is -0.0499. The summed E-state index contributed by atoms with van der Waals surface area (Å²) in [5.74, 6) is 0.896. The van der Waals surface area contributed by atoms with Gasteiger partial charge in [-0.3, -0.25) is 0 Å². The molecule has 4 aromatic rings. The lowest BCUT2D eigenvalue weighted by atomic mass is 10.1. The minimum atomic E-state index is -2.90. The van der Waals surface area contributed by atoms with Gasteiger partial charge in [-0.05, 0) is 50.1 Å². The van der Waals surface area contributed by atoms with Crippen LogP contribution in [0.2, 0.25) is 0 Å². The van der Waals surface area contributed by atoms with Gasteiger partial charge < -0.3 is 24.8 Å². The Morgan fingerprint density at radius 2 is 1.92 bits per heavy atom. The van der Waals surface area contributed by atoms with Gasteiger partial charge >= 0.3 is 12.6 Å². The molecule has 198 valence electrons. The number of anilines is 1. The van der Waals surface area contributed by atoms with E-state index in [0.29, 0.717) is 25.2 Å². The number of hydrogen-bond acceptors (Lipinski definition) is 5. The molecule has 2 atom stereocenters. The van der Waals surface area contributed by atoms with E-state index < -0.39 is 6.61 Å².